The number of anilines is 1. The predicted octanol–water partition coefficient (Wildman–Crippen LogP) is 2.90. The van der Waals surface area contributed by atoms with Crippen LogP contribution in [0.15, 0.2) is 29.2 Å². The summed E-state index contributed by atoms with van der Waals surface area (Å²) in [7, 11) is -2.50. The predicted molar refractivity (Wildman–Crippen MR) is 80.6 cm³/mol. The summed E-state index contributed by atoms with van der Waals surface area (Å²) >= 11 is 11.4. The van der Waals surface area contributed by atoms with Gasteiger partial charge in [0.2, 0.25) is 5.28 Å². The van der Waals surface area contributed by atoms with Gasteiger partial charge in [0.15, 0.2) is 0 Å². The smallest absolute Gasteiger partial charge is 0.266 e. The Morgan fingerprint density at radius 2 is 1.90 bits per heavy atom. The average molecular weight is 348 g/mol. The first kappa shape index (κ1) is 15.8. The fourth-order valence-corrected chi connectivity index (χ4v) is 3.28. The van der Waals surface area contributed by atoms with Gasteiger partial charge in [-0.15, -0.1) is 0 Å². The second kappa shape index (κ2) is 6.05. The van der Waals surface area contributed by atoms with Gasteiger partial charge >= 0.3 is 0 Å². The fraction of sp³-hybridized carbons (Fsp3) is 0.167. The minimum absolute atomic E-state index is 0.00384. The van der Waals surface area contributed by atoms with Crippen molar-refractivity contribution < 1.29 is 13.2 Å². The number of aryl methyl sites for hydroxylation is 1. The number of hydrogen-bond donors (Lipinski definition) is 1. The summed E-state index contributed by atoms with van der Waals surface area (Å²) in [4.78, 5) is 7.40. The van der Waals surface area contributed by atoms with Crippen LogP contribution in [-0.2, 0) is 10.0 Å². The quantitative estimate of drug-likeness (QED) is 0.679. The van der Waals surface area contributed by atoms with Crippen molar-refractivity contribution in [3.8, 4) is 5.75 Å². The van der Waals surface area contributed by atoms with Gasteiger partial charge in [0.25, 0.3) is 10.0 Å². The van der Waals surface area contributed by atoms with Crippen molar-refractivity contribution in [3.05, 3.63) is 40.3 Å². The summed E-state index contributed by atoms with van der Waals surface area (Å²) in [5.41, 5.74) is 0.773. The van der Waals surface area contributed by atoms with E-state index in [9.17, 15) is 8.42 Å². The summed E-state index contributed by atoms with van der Waals surface area (Å²) in [6.07, 6.45) is 0. The van der Waals surface area contributed by atoms with E-state index in [4.69, 9.17) is 27.9 Å². The van der Waals surface area contributed by atoms with E-state index in [1.54, 1.807) is 19.1 Å². The van der Waals surface area contributed by atoms with Gasteiger partial charge in [-0.2, -0.15) is 4.98 Å². The second-order valence-electron chi connectivity index (χ2n) is 4.10. The highest BCUT2D eigenvalue weighted by Gasteiger charge is 2.21. The monoisotopic (exact) mass is 347 g/mol. The molecule has 0 saturated heterocycles. The lowest BCUT2D eigenvalue weighted by Crippen LogP contribution is -2.15. The van der Waals surface area contributed by atoms with E-state index in [-0.39, 0.29) is 26.9 Å². The molecule has 0 bridgehead atoms. The normalized spacial score (nSPS) is 11.2. The fourth-order valence-electron chi connectivity index (χ4n) is 1.63. The lowest BCUT2D eigenvalue weighted by atomic mass is 10.2. The summed E-state index contributed by atoms with van der Waals surface area (Å²) in [6, 6.07) is 6.07. The van der Waals surface area contributed by atoms with Crippen LogP contribution in [0.4, 0.5) is 5.82 Å². The molecule has 0 spiro atoms. The maximum Gasteiger partial charge on any atom is 0.266 e. The zero-order chi connectivity index (χ0) is 15.6. The minimum atomic E-state index is -3.89. The zero-order valence-corrected chi connectivity index (χ0v) is 13.4. The summed E-state index contributed by atoms with van der Waals surface area (Å²) < 4.78 is 32.2. The molecule has 2 rings (SSSR count). The number of aromatic nitrogens is 2. The molecule has 9 heteroatoms. The Morgan fingerprint density at radius 3 is 2.52 bits per heavy atom. The molecule has 0 fully saturated rings. The molecule has 1 heterocycles. The van der Waals surface area contributed by atoms with E-state index < -0.39 is 10.0 Å². The van der Waals surface area contributed by atoms with Crippen LogP contribution in [0.2, 0.25) is 10.4 Å². The maximum atomic E-state index is 12.4. The molecule has 0 aliphatic rings. The third-order valence-electron chi connectivity index (χ3n) is 2.52. The van der Waals surface area contributed by atoms with Gasteiger partial charge in [0.1, 0.15) is 21.6 Å². The molecule has 0 unspecified atom stereocenters. The molecule has 2 aromatic rings. The SMILES string of the molecule is COc1ccc(C)cc1S(=O)(=O)Nc1cc(Cl)nc(Cl)n1. The van der Waals surface area contributed by atoms with Crippen LogP contribution in [0, 0.1) is 6.92 Å². The van der Waals surface area contributed by atoms with Crippen molar-refractivity contribution in [2.45, 2.75) is 11.8 Å². The molecule has 0 amide bonds. The molecule has 1 aromatic carbocycles. The molecule has 112 valence electrons. The Labute approximate surface area is 132 Å². The van der Waals surface area contributed by atoms with Crippen LogP contribution in [0.25, 0.3) is 0 Å². The molecule has 0 saturated carbocycles. The number of ether oxygens (including phenoxy) is 1. The first-order valence-electron chi connectivity index (χ1n) is 5.69. The first-order chi connectivity index (χ1) is 9.81. The van der Waals surface area contributed by atoms with Gasteiger partial charge in [0.05, 0.1) is 7.11 Å². The largest absolute Gasteiger partial charge is 0.495 e. The van der Waals surface area contributed by atoms with E-state index in [1.807, 2.05) is 0 Å². The number of benzene rings is 1. The lowest BCUT2D eigenvalue weighted by Gasteiger charge is -2.12. The zero-order valence-electron chi connectivity index (χ0n) is 11.1. The number of halogens is 2. The molecular weight excluding hydrogens is 337 g/mol. The van der Waals surface area contributed by atoms with Gasteiger partial charge in [-0.1, -0.05) is 17.7 Å². The van der Waals surface area contributed by atoms with Crippen LogP contribution in [-0.4, -0.2) is 25.5 Å². The van der Waals surface area contributed by atoms with E-state index >= 15 is 0 Å². The van der Waals surface area contributed by atoms with Gasteiger partial charge < -0.3 is 4.74 Å². The molecule has 6 nitrogen and oxygen atoms in total. The summed E-state index contributed by atoms with van der Waals surface area (Å²) in [5.74, 6) is 0.197. The van der Waals surface area contributed by atoms with E-state index in [1.165, 1.54) is 19.2 Å². The summed E-state index contributed by atoms with van der Waals surface area (Å²) in [5, 5.41) is -0.125. The Morgan fingerprint density at radius 1 is 1.19 bits per heavy atom. The lowest BCUT2D eigenvalue weighted by molar-refractivity contribution is 0.402. The van der Waals surface area contributed by atoms with Crippen LogP contribution >= 0.6 is 23.2 Å². The molecule has 0 radical (unpaired) electrons. The van der Waals surface area contributed by atoms with Crippen LogP contribution in [0.1, 0.15) is 5.56 Å². The molecule has 21 heavy (non-hydrogen) atoms. The summed E-state index contributed by atoms with van der Waals surface area (Å²) in [6.45, 7) is 1.77. The van der Waals surface area contributed by atoms with Crippen molar-refractivity contribution in [3.63, 3.8) is 0 Å². The minimum Gasteiger partial charge on any atom is -0.495 e. The highest BCUT2D eigenvalue weighted by atomic mass is 35.5. The molecule has 1 aromatic heterocycles. The molecule has 0 atom stereocenters. The highest BCUT2D eigenvalue weighted by molar-refractivity contribution is 7.92. The molecule has 1 N–H and O–H groups in total. The second-order valence-corrected chi connectivity index (χ2v) is 6.48. The molecular formula is C12H11Cl2N3O3S. The van der Waals surface area contributed by atoms with Gasteiger partial charge in [-0.25, -0.2) is 13.4 Å². The maximum absolute atomic E-state index is 12.4. The average Bonchev–Trinajstić information content (AvgIpc) is 2.36. The number of rotatable bonds is 4. The third-order valence-corrected chi connectivity index (χ3v) is 4.25. The Hall–Kier alpha value is -1.57. The van der Waals surface area contributed by atoms with Crippen molar-refractivity contribution in [2.24, 2.45) is 0 Å². The van der Waals surface area contributed by atoms with Gasteiger partial charge in [0, 0.05) is 6.07 Å². The van der Waals surface area contributed by atoms with E-state index in [0.29, 0.717) is 0 Å². The number of hydrogen-bond acceptors (Lipinski definition) is 5. The topological polar surface area (TPSA) is 81.2 Å². The Balaban J connectivity index is 2.45. The number of nitrogens with zero attached hydrogens (tertiary/aromatic N) is 2. The number of sulfonamides is 1. The Bertz CT molecular complexity index is 761. The third kappa shape index (κ3) is 3.75. The van der Waals surface area contributed by atoms with Crippen molar-refractivity contribution in [1.29, 1.82) is 0 Å². The molecule has 0 aliphatic heterocycles. The first-order valence-corrected chi connectivity index (χ1v) is 7.93. The van der Waals surface area contributed by atoms with Gasteiger partial charge in [-0.05, 0) is 36.2 Å². The van der Waals surface area contributed by atoms with Crippen molar-refractivity contribution in [1.82, 2.24) is 9.97 Å². The Kier molecular flexibility index (Phi) is 4.55. The van der Waals surface area contributed by atoms with Crippen LogP contribution in [0.3, 0.4) is 0 Å². The van der Waals surface area contributed by atoms with Crippen molar-refractivity contribution >= 4 is 39.0 Å². The molecule has 0 aliphatic carbocycles. The van der Waals surface area contributed by atoms with E-state index in [0.717, 1.165) is 5.56 Å². The van der Waals surface area contributed by atoms with Crippen molar-refractivity contribution in [2.75, 3.05) is 11.8 Å². The van der Waals surface area contributed by atoms with Gasteiger partial charge in [-0.3, -0.25) is 4.72 Å². The number of methoxy groups -OCH3 is 1. The standard InChI is InChI=1S/C12H11Cl2N3O3S/c1-7-3-4-8(20-2)9(5-7)21(18,19)17-11-6-10(13)15-12(14)16-11/h3-6H,1-2H3,(H,15,16,17). The van der Waals surface area contributed by atoms with E-state index in [2.05, 4.69) is 14.7 Å². The van der Waals surface area contributed by atoms with Crippen LogP contribution in [0.5, 0.6) is 5.75 Å². The number of nitrogens with one attached hydrogen (secondary N) is 1. The highest BCUT2D eigenvalue weighted by Crippen LogP contribution is 2.27. The van der Waals surface area contributed by atoms with Crippen LogP contribution < -0.4 is 9.46 Å².